The first-order chi connectivity index (χ1) is 8.58. The molecule has 1 aromatic rings. The van der Waals surface area contributed by atoms with Crippen molar-refractivity contribution in [2.45, 2.75) is 10.2 Å². The Kier molecular flexibility index (Phi) is 3.07. The lowest BCUT2D eigenvalue weighted by molar-refractivity contribution is 0.114. The van der Waals surface area contributed by atoms with Crippen LogP contribution in [0.25, 0.3) is 6.08 Å². The predicted octanol–water partition coefficient (Wildman–Crippen LogP) is 0.00270. The Morgan fingerprint density at radius 2 is 1.63 bits per heavy atom. The van der Waals surface area contributed by atoms with Gasteiger partial charge in [0.1, 0.15) is 0 Å². The second-order valence-corrected chi connectivity index (χ2v) is 7.16. The topological polar surface area (TPSA) is 129 Å². The van der Waals surface area contributed by atoms with Crippen molar-refractivity contribution in [3.63, 3.8) is 0 Å². The summed E-state index contributed by atoms with van der Waals surface area (Å²) >= 11 is 0. The molecule has 2 unspecified atom stereocenters. The molecule has 2 rings (SSSR count). The molecule has 0 spiro atoms. The highest BCUT2D eigenvalue weighted by Gasteiger charge is 2.56. The monoisotopic (exact) mass is 306 g/mol. The Labute approximate surface area is 109 Å². The van der Waals surface area contributed by atoms with Crippen LogP contribution in [0.4, 0.5) is 0 Å². The molecular formula is C10H10O7S2. The van der Waals surface area contributed by atoms with Crippen LogP contribution in [-0.2, 0) is 25.2 Å². The molecule has 0 aliphatic heterocycles. The second-order valence-electron chi connectivity index (χ2n) is 4.05. The van der Waals surface area contributed by atoms with Crippen LogP contribution >= 0.6 is 0 Å². The normalized spacial score (nSPS) is 27.0. The molecular weight excluding hydrogens is 296 g/mol. The Morgan fingerprint density at radius 3 is 2.16 bits per heavy atom. The van der Waals surface area contributed by atoms with Crippen LogP contribution in [0.15, 0.2) is 30.3 Å². The zero-order valence-electron chi connectivity index (χ0n) is 9.33. The van der Waals surface area contributed by atoms with Gasteiger partial charge in [-0.1, -0.05) is 36.4 Å². The van der Waals surface area contributed by atoms with Crippen molar-refractivity contribution in [1.82, 2.24) is 0 Å². The molecule has 0 saturated carbocycles. The number of fused-ring (bicyclic) bond motifs is 1. The first-order valence-electron chi connectivity index (χ1n) is 5.02. The van der Waals surface area contributed by atoms with Gasteiger partial charge in [-0.15, -0.1) is 0 Å². The molecule has 1 aromatic carbocycles. The lowest BCUT2D eigenvalue weighted by Crippen LogP contribution is -2.50. The number of hydrogen-bond donors (Lipinski definition) is 3. The van der Waals surface area contributed by atoms with Crippen LogP contribution in [0.5, 0.6) is 0 Å². The summed E-state index contributed by atoms with van der Waals surface area (Å²) in [6, 6.07) is 5.50. The molecule has 0 aromatic heterocycles. The quantitative estimate of drug-likeness (QED) is 0.656. The molecule has 0 amide bonds. The minimum absolute atomic E-state index is 0.225. The SMILES string of the molecule is O=S(=O)(O)C1C=Cc2ccccc2C1(O)S(=O)(=O)O. The molecule has 0 radical (unpaired) electrons. The van der Waals surface area contributed by atoms with Crippen LogP contribution in [0.1, 0.15) is 11.1 Å². The van der Waals surface area contributed by atoms with E-state index in [1.54, 1.807) is 6.07 Å². The number of hydrogen-bond acceptors (Lipinski definition) is 5. The Balaban J connectivity index is 2.86. The number of benzene rings is 1. The van der Waals surface area contributed by atoms with Gasteiger partial charge in [0.05, 0.1) is 0 Å². The first-order valence-corrected chi connectivity index (χ1v) is 7.96. The zero-order valence-corrected chi connectivity index (χ0v) is 11.0. The van der Waals surface area contributed by atoms with Crippen molar-refractivity contribution in [3.05, 3.63) is 41.5 Å². The molecule has 104 valence electrons. The van der Waals surface area contributed by atoms with E-state index in [-0.39, 0.29) is 11.1 Å². The summed E-state index contributed by atoms with van der Waals surface area (Å²) in [4.78, 5) is -3.15. The van der Waals surface area contributed by atoms with E-state index in [9.17, 15) is 26.5 Å². The maximum atomic E-state index is 11.4. The van der Waals surface area contributed by atoms with Crippen LogP contribution in [0, 0.1) is 0 Å². The Morgan fingerprint density at radius 1 is 1.05 bits per heavy atom. The van der Waals surface area contributed by atoms with E-state index < -0.39 is 30.4 Å². The van der Waals surface area contributed by atoms with E-state index in [0.29, 0.717) is 0 Å². The van der Waals surface area contributed by atoms with E-state index >= 15 is 0 Å². The molecule has 0 heterocycles. The summed E-state index contributed by atoms with van der Waals surface area (Å²) in [6.07, 6.45) is 2.05. The smallest absolute Gasteiger partial charge is 0.301 e. The van der Waals surface area contributed by atoms with Gasteiger partial charge in [-0.25, -0.2) is 0 Å². The zero-order chi connectivity index (χ0) is 14.5. The second kappa shape index (κ2) is 4.12. The predicted molar refractivity (Wildman–Crippen MR) is 66.3 cm³/mol. The fraction of sp³-hybridized carbons (Fsp3) is 0.200. The Bertz CT molecular complexity index is 748. The fourth-order valence-electron chi connectivity index (χ4n) is 2.03. The van der Waals surface area contributed by atoms with E-state index in [1.165, 1.54) is 18.2 Å². The number of aliphatic hydroxyl groups is 1. The first kappa shape index (κ1) is 14.2. The van der Waals surface area contributed by atoms with Gasteiger partial charge < -0.3 is 5.11 Å². The van der Waals surface area contributed by atoms with Crippen molar-refractivity contribution < 1.29 is 31.0 Å². The van der Waals surface area contributed by atoms with Crippen molar-refractivity contribution >= 4 is 26.3 Å². The summed E-state index contributed by atoms with van der Waals surface area (Å²) in [5.41, 5.74) is -0.0925. The lowest BCUT2D eigenvalue weighted by Gasteiger charge is -2.33. The summed E-state index contributed by atoms with van der Waals surface area (Å²) in [6.45, 7) is 0. The number of rotatable bonds is 2. The summed E-state index contributed by atoms with van der Waals surface area (Å²) in [5, 5.41) is 8.02. The molecule has 9 heteroatoms. The average molecular weight is 306 g/mol. The third kappa shape index (κ3) is 2.09. The van der Waals surface area contributed by atoms with Gasteiger partial charge in [-0.3, -0.25) is 9.11 Å². The van der Waals surface area contributed by atoms with Crippen LogP contribution in [-0.4, -0.2) is 36.3 Å². The van der Waals surface area contributed by atoms with E-state index in [4.69, 9.17) is 4.55 Å². The summed E-state index contributed by atoms with van der Waals surface area (Å²) in [7, 11) is -10.1. The van der Waals surface area contributed by atoms with E-state index in [0.717, 1.165) is 12.1 Å². The third-order valence-electron chi connectivity index (χ3n) is 2.90. The molecule has 0 bridgehead atoms. The van der Waals surface area contributed by atoms with E-state index in [1.807, 2.05) is 0 Å². The lowest BCUT2D eigenvalue weighted by atomic mass is 9.94. The molecule has 1 aliphatic rings. The van der Waals surface area contributed by atoms with Gasteiger partial charge in [-0.05, 0) is 5.56 Å². The highest BCUT2D eigenvalue weighted by Crippen LogP contribution is 2.40. The highest BCUT2D eigenvalue weighted by atomic mass is 32.2. The van der Waals surface area contributed by atoms with Crippen LogP contribution in [0.2, 0.25) is 0 Å². The van der Waals surface area contributed by atoms with Gasteiger partial charge in [-0.2, -0.15) is 16.8 Å². The van der Waals surface area contributed by atoms with Gasteiger partial charge in [0.2, 0.25) is 4.93 Å². The van der Waals surface area contributed by atoms with Gasteiger partial charge in [0.25, 0.3) is 10.1 Å². The van der Waals surface area contributed by atoms with Crippen LogP contribution < -0.4 is 0 Å². The third-order valence-corrected chi connectivity index (χ3v) is 5.45. The average Bonchev–Trinajstić information content (AvgIpc) is 2.26. The Hall–Kier alpha value is -1.26. The maximum absolute atomic E-state index is 11.4. The molecule has 0 saturated heterocycles. The van der Waals surface area contributed by atoms with Gasteiger partial charge >= 0.3 is 10.1 Å². The minimum Gasteiger partial charge on any atom is -0.368 e. The highest BCUT2D eigenvalue weighted by molar-refractivity contribution is 7.90. The molecule has 19 heavy (non-hydrogen) atoms. The fourth-order valence-corrected chi connectivity index (χ4v) is 4.40. The minimum atomic E-state index is -5.21. The van der Waals surface area contributed by atoms with Crippen LogP contribution in [0.3, 0.4) is 0 Å². The standard InChI is InChI=1S/C10H10O7S2/c11-10(19(15,16)17)8-4-2-1-3-7(8)5-6-9(10)18(12,13)14/h1-6,9,11H,(H,12,13,14)(H,15,16,17). The van der Waals surface area contributed by atoms with Gasteiger partial charge in [0.15, 0.2) is 5.25 Å². The molecule has 0 fully saturated rings. The van der Waals surface area contributed by atoms with Gasteiger partial charge in [0, 0.05) is 5.56 Å². The largest absolute Gasteiger partial charge is 0.368 e. The molecule has 7 nitrogen and oxygen atoms in total. The molecule has 2 atom stereocenters. The van der Waals surface area contributed by atoms with Crippen molar-refractivity contribution in [2.24, 2.45) is 0 Å². The van der Waals surface area contributed by atoms with Crippen molar-refractivity contribution in [2.75, 3.05) is 0 Å². The summed E-state index contributed by atoms with van der Waals surface area (Å²) in [5.74, 6) is 0. The van der Waals surface area contributed by atoms with E-state index in [2.05, 4.69) is 0 Å². The maximum Gasteiger partial charge on any atom is 0.301 e. The van der Waals surface area contributed by atoms with Crippen molar-refractivity contribution in [3.8, 4) is 0 Å². The molecule has 3 N–H and O–H groups in total. The summed E-state index contributed by atoms with van der Waals surface area (Å²) < 4.78 is 63.5. The van der Waals surface area contributed by atoms with Crippen molar-refractivity contribution in [1.29, 1.82) is 0 Å². The molecule has 1 aliphatic carbocycles.